The van der Waals surface area contributed by atoms with E-state index in [0.717, 1.165) is 14.9 Å². The molecule has 6 heteroatoms. The molecule has 1 amide bonds. The molecule has 0 bridgehead atoms. The first-order valence-corrected chi connectivity index (χ1v) is 7.01. The SMILES string of the molecule is CNC(=O)c1ccc(N)c(Sc2nc(C)cs2)c1. The summed E-state index contributed by atoms with van der Waals surface area (Å²) in [5, 5.41) is 4.58. The average molecular weight is 279 g/mol. The standard InChI is InChI=1S/C12H13N3OS2/c1-7-6-17-12(15-7)18-10-5-8(11(16)14-2)3-4-9(10)13/h3-6H,13H2,1-2H3,(H,14,16). The quantitative estimate of drug-likeness (QED) is 0.847. The van der Waals surface area contributed by atoms with Gasteiger partial charge in [-0.15, -0.1) is 11.3 Å². The molecule has 1 aromatic heterocycles. The van der Waals surface area contributed by atoms with Crippen molar-refractivity contribution in [1.82, 2.24) is 10.3 Å². The number of hydrogen-bond acceptors (Lipinski definition) is 5. The zero-order valence-electron chi connectivity index (χ0n) is 10.1. The van der Waals surface area contributed by atoms with E-state index in [1.54, 1.807) is 36.6 Å². The van der Waals surface area contributed by atoms with Gasteiger partial charge in [0.1, 0.15) is 0 Å². The Morgan fingerprint density at radius 2 is 2.28 bits per heavy atom. The lowest BCUT2D eigenvalue weighted by Crippen LogP contribution is -2.17. The Morgan fingerprint density at radius 1 is 1.50 bits per heavy atom. The summed E-state index contributed by atoms with van der Waals surface area (Å²) in [5.74, 6) is -0.118. The highest BCUT2D eigenvalue weighted by molar-refractivity contribution is 8.01. The number of nitrogens with one attached hydrogen (secondary N) is 1. The lowest BCUT2D eigenvalue weighted by Gasteiger charge is -2.06. The van der Waals surface area contributed by atoms with Gasteiger partial charge in [0.05, 0.1) is 0 Å². The molecular weight excluding hydrogens is 266 g/mol. The number of carbonyl (C=O) groups excluding carboxylic acids is 1. The van der Waals surface area contributed by atoms with Gasteiger partial charge in [-0.3, -0.25) is 4.79 Å². The zero-order chi connectivity index (χ0) is 13.1. The predicted octanol–water partition coefficient (Wildman–Crippen LogP) is 2.54. The topological polar surface area (TPSA) is 68.0 Å². The van der Waals surface area contributed by atoms with Crippen molar-refractivity contribution in [3.05, 3.63) is 34.8 Å². The monoisotopic (exact) mass is 279 g/mol. The van der Waals surface area contributed by atoms with E-state index in [0.29, 0.717) is 11.3 Å². The van der Waals surface area contributed by atoms with Crippen LogP contribution in [0, 0.1) is 6.92 Å². The molecule has 0 aliphatic rings. The van der Waals surface area contributed by atoms with Crippen LogP contribution in [0.5, 0.6) is 0 Å². The lowest BCUT2D eigenvalue weighted by atomic mass is 10.2. The third kappa shape index (κ3) is 2.83. The fourth-order valence-corrected chi connectivity index (χ4v) is 3.26. The molecule has 0 fully saturated rings. The van der Waals surface area contributed by atoms with Crippen LogP contribution in [0.4, 0.5) is 5.69 Å². The van der Waals surface area contributed by atoms with Gasteiger partial charge in [0.2, 0.25) is 0 Å². The number of carbonyl (C=O) groups is 1. The van der Waals surface area contributed by atoms with Gasteiger partial charge in [0.15, 0.2) is 4.34 Å². The molecule has 0 unspecified atom stereocenters. The summed E-state index contributed by atoms with van der Waals surface area (Å²) in [6.45, 7) is 1.95. The number of amides is 1. The third-order valence-electron chi connectivity index (χ3n) is 2.30. The number of nitrogens with zero attached hydrogens (tertiary/aromatic N) is 1. The van der Waals surface area contributed by atoms with Crippen LogP contribution in [0.25, 0.3) is 0 Å². The Balaban J connectivity index is 2.29. The minimum absolute atomic E-state index is 0.118. The van der Waals surface area contributed by atoms with Crippen LogP contribution in [0.1, 0.15) is 16.1 Å². The molecule has 1 heterocycles. The molecule has 0 radical (unpaired) electrons. The summed E-state index contributed by atoms with van der Waals surface area (Å²) in [6.07, 6.45) is 0. The molecule has 2 aromatic rings. The Bertz CT molecular complexity index is 580. The van der Waals surface area contributed by atoms with Crippen molar-refractivity contribution in [3.8, 4) is 0 Å². The van der Waals surface area contributed by atoms with Gasteiger partial charge in [0.25, 0.3) is 5.91 Å². The summed E-state index contributed by atoms with van der Waals surface area (Å²) in [4.78, 5) is 16.8. The number of anilines is 1. The van der Waals surface area contributed by atoms with Crippen LogP contribution >= 0.6 is 23.1 Å². The minimum Gasteiger partial charge on any atom is -0.398 e. The molecule has 0 spiro atoms. The molecule has 94 valence electrons. The lowest BCUT2D eigenvalue weighted by molar-refractivity contribution is 0.0963. The maximum Gasteiger partial charge on any atom is 0.251 e. The zero-order valence-corrected chi connectivity index (χ0v) is 11.7. The Morgan fingerprint density at radius 3 is 2.89 bits per heavy atom. The molecule has 0 aliphatic carbocycles. The van der Waals surface area contributed by atoms with Crippen molar-refractivity contribution in [2.24, 2.45) is 0 Å². The number of nitrogen functional groups attached to an aromatic ring is 1. The molecule has 0 aliphatic heterocycles. The van der Waals surface area contributed by atoms with Gasteiger partial charge >= 0.3 is 0 Å². The first kappa shape index (κ1) is 12.9. The van der Waals surface area contributed by atoms with E-state index >= 15 is 0 Å². The van der Waals surface area contributed by atoms with E-state index in [9.17, 15) is 4.79 Å². The van der Waals surface area contributed by atoms with E-state index in [-0.39, 0.29) is 5.91 Å². The summed E-state index contributed by atoms with van der Waals surface area (Å²) >= 11 is 3.05. The molecule has 4 nitrogen and oxygen atoms in total. The van der Waals surface area contributed by atoms with Crippen molar-refractivity contribution in [2.45, 2.75) is 16.2 Å². The van der Waals surface area contributed by atoms with Crippen molar-refractivity contribution in [3.63, 3.8) is 0 Å². The Kier molecular flexibility index (Phi) is 3.88. The van der Waals surface area contributed by atoms with E-state index < -0.39 is 0 Å². The highest BCUT2D eigenvalue weighted by Gasteiger charge is 2.09. The molecular formula is C12H13N3OS2. The van der Waals surface area contributed by atoms with Gasteiger partial charge < -0.3 is 11.1 Å². The number of nitrogens with two attached hydrogens (primary N) is 1. The predicted molar refractivity (Wildman–Crippen MR) is 75.2 cm³/mol. The normalized spacial score (nSPS) is 10.3. The highest BCUT2D eigenvalue weighted by atomic mass is 32.2. The maximum atomic E-state index is 11.6. The first-order chi connectivity index (χ1) is 8.60. The first-order valence-electron chi connectivity index (χ1n) is 5.31. The second kappa shape index (κ2) is 5.41. The number of hydrogen-bond donors (Lipinski definition) is 2. The third-order valence-corrected chi connectivity index (χ3v) is 4.43. The summed E-state index contributed by atoms with van der Waals surface area (Å²) in [5.41, 5.74) is 8.15. The number of benzene rings is 1. The van der Waals surface area contributed by atoms with Crippen molar-refractivity contribution in [2.75, 3.05) is 12.8 Å². The minimum atomic E-state index is -0.118. The van der Waals surface area contributed by atoms with Crippen LogP contribution in [0.15, 0.2) is 32.8 Å². The van der Waals surface area contributed by atoms with E-state index in [1.165, 1.54) is 11.8 Å². The van der Waals surface area contributed by atoms with Gasteiger partial charge in [-0.25, -0.2) is 4.98 Å². The fourth-order valence-electron chi connectivity index (χ4n) is 1.38. The molecule has 3 N–H and O–H groups in total. The molecule has 0 saturated carbocycles. The van der Waals surface area contributed by atoms with Crippen molar-refractivity contribution >= 4 is 34.7 Å². The highest BCUT2D eigenvalue weighted by Crippen LogP contribution is 2.34. The molecule has 0 saturated heterocycles. The van der Waals surface area contributed by atoms with Gasteiger partial charge in [-0.1, -0.05) is 11.8 Å². The number of rotatable bonds is 3. The molecule has 18 heavy (non-hydrogen) atoms. The summed E-state index contributed by atoms with van der Waals surface area (Å²) < 4.78 is 0.924. The van der Waals surface area contributed by atoms with Crippen LogP contribution < -0.4 is 11.1 Å². The maximum absolute atomic E-state index is 11.6. The van der Waals surface area contributed by atoms with Gasteiger partial charge in [0, 0.05) is 34.3 Å². The van der Waals surface area contributed by atoms with Crippen LogP contribution in [-0.4, -0.2) is 17.9 Å². The number of thiazole rings is 1. The molecule has 2 rings (SSSR count). The van der Waals surface area contributed by atoms with E-state index in [1.807, 2.05) is 12.3 Å². The average Bonchev–Trinajstić information content (AvgIpc) is 2.76. The second-order valence-electron chi connectivity index (χ2n) is 3.69. The molecule has 0 atom stereocenters. The van der Waals surface area contributed by atoms with Gasteiger partial charge in [-0.2, -0.15) is 0 Å². The summed E-state index contributed by atoms with van der Waals surface area (Å²) in [6, 6.07) is 5.24. The largest absolute Gasteiger partial charge is 0.398 e. The molecule has 1 aromatic carbocycles. The smallest absolute Gasteiger partial charge is 0.251 e. The van der Waals surface area contributed by atoms with Crippen molar-refractivity contribution < 1.29 is 4.79 Å². The second-order valence-corrected chi connectivity index (χ2v) is 5.84. The van der Waals surface area contributed by atoms with Crippen LogP contribution in [0.2, 0.25) is 0 Å². The van der Waals surface area contributed by atoms with Crippen LogP contribution in [-0.2, 0) is 0 Å². The number of aromatic nitrogens is 1. The number of aryl methyl sites for hydroxylation is 1. The van der Waals surface area contributed by atoms with Crippen LogP contribution in [0.3, 0.4) is 0 Å². The van der Waals surface area contributed by atoms with Crippen molar-refractivity contribution in [1.29, 1.82) is 0 Å². The van der Waals surface area contributed by atoms with E-state index in [4.69, 9.17) is 5.73 Å². The Labute approximate surface area is 114 Å². The summed E-state index contributed by atoms with van der Waals surface area (Å²) in [7, 11) is 1.61. The van der Waals surface area contributed by atoms with E-state index in [2.05, 4.69) is 10.3 Å². The fraction of sp³-hybridized carbons (Fsp3) is 0.167. The van der Waals surface area contributed by atoms with Gasteiger partial charge in [-0.05, 0) is 25.1 Å². The Hall–Kier alpha value is -1.53.